The molecule has 0 amide bonds. The Morgan fingerprint density at radius 2 is 1.52 bits per heavy atom. The Hall–Kier alpha value is -2.55. The second kappa shape index (κ2) is 9.72. The summed E-state index contributed by atoms with van der Waals surface area (Å²) in [5.41, 5.74) is 3.52. The quantitative estimate of drug-likeness (QED) is 0.294. The molecule has 0 spiro atoms. The number of azo groups is 1. The maximum Gasteiger partial charge on any atom is 1.00 e. The molecule has 8 heteroatoms. The van der Waals surface area contributed by atoms with Gasteiger partial charge < -0.3 is 9.87 Å². The van der Waals surface area contributed by atoms with Crippen molar-refractivity contribution >= 4 is 43.6 Å². The van der Waals surface area contributed by atoms with Crippen molar-refractivity contribution in [3.63, 3.8) is 0 Å². The molecule has 0 heterocycles. The third kappa shape index (κ3) is 5.39. The van der Waals surface area contributed by atoms with Gasteiger partial charge in [0.05, 0.1) is 16.3 Å². The second-order valence-corrected chi connectivity index (χ2v) is 8.14. The summed E-state index contributed by atoms with van der Waals surface area (Å²) in [7, 11) is -4.70. The van der Waals surface area contributed by atoms with Crippen LogP contribution in [-0.2, 0) is 10.1 Å². The molecular weight excluding hydrogens is 421 g/mol. The summed E-state index contributed by atoms with van der Waals surface area (Å²) in [6, 6.07) is 24.9. The van der Waals surface area contributed by atoms with Gasteiger partial charge in [0.15, 0.2) is 0 Å². The molecule has 6 nitrogen and oxygen atoms in total. The summed E-state index contributed by atoms with van der Waals surface area (Å²) in [6.45, 7) is 1.98. The number of hydrogen-bond donors (Lipinski definition) is 1. The van der Waals surface area contributed by atoms with Gasteiger partial charge in [-0.2, -0.15) is 5.11 Å². The number of aryl methyl sites for hydroxylation is 1. The number of rotatable bonds is 5. The fourth-order valence-corrected chi connectivity index (χ4v) is 3.87. The van der Waals surface area contributed by atoms with E-state index >= 15 is 0 Å². The van der Waals surface area contributed by atoms with Gasteiger partial charge >= 0.3 is 29.6 Å². The normalized spacial score (nSPS) is 11.4. The van der Waals surface area contributed by atoms with Crippen molar-refractivity contribution in [2.75, 3.05) is 5.32 Å². The van der Waals surface area contributed by atoms with Gasteiger partial charge in [-0.1, -0.05) is 48.0 Å². The molecule has 0 aliphatic heterocycles. The average Bonchev–Trinajstić information content (AvgIpc) is 2.74. The van der Waals surface area contributed by atoms with Gasteiger partial charge in [-0.3, -0.25) is 0 Å². The van der Waals surface area contributed by atoms with Crippen LogP contribution in [-0.4, -0.2) is 13.0 Å². The van der Waals surface area contributed by atoms with E-state index in [0.29, 0.717) is 22.4 Å². The molecule has 0 aliphatic carbocycles. The summed E-state index contributed by atoms with van der Waals surface area (Å²) in [4.78, 5) is -0.300. The van der Waals surface area contributed by atoms with E-state index in [1.807, 2.05) is 61.5 Å². The monoisotopic (exact) mass is 439 g/mol. The predicted molar refractivity (Wildman–Crippen MR) is 117 cm³/mol. The van der Waals surface area contributed by atoms with Crippen molar-refractivity contribution in [2.24, 2.45) is 10.2 Å². The van der Waals surface area contributed by atoms with Gasteiger partial charge in [-0.25, -0.2) is 8.42 Å². The molecule has 0 fully saturated rings. The van der Waals surface area contributed by atoms with Gasteiger partial charge in [0.2, 0.25) is 0 Å². The minimum Gasteiger partial charge on any atom is -0.744 e. The van der Waals surface area contributed by atoms with E-state index in [9.17, 15) is 13.0 Å². The minimum atomic E-state index is -4.70. The van der Waals surface area contributed by atoms with Crippen molar-refractivity contribution in [3.8, 4) is 0 Å². The molecule has 0 atom stereocenters. The first-order chi connectivity index (χ1) is 14.4. The smallest absolute Gasteiger partial charge is 0.744 e. The van der Waals surface area contributed by atoms with Gasteiger partial charge in [0.1, 0.15) is 10.1 Å². The van der Waals surface area contributed by atoms with E-state index in [0.717, 1.165) is 11.3 Å². The van der Waals surface area contributed by atoms with Crippen LogP contribution < -0.4 is 34.9 Å². The second-order valence-electron chi connectivity index (χ2n) is 6.79. The average molecular weight is 439 g/mol. The van der Waals surface area contributed by atoms with E-state index in [4.69, 9.17) is 0 Å². The van der Waals surface area contributed by atoms with Gasteiger partial charge in [-0.15, -0.1) is 5.11 Å². The van der Waals surface area contributed by atoms with Crippen LogP contribution in [0, 0.1) is 6.92 Å². The molecule has 1 N–H and O–H groups in total. The third-order valence-electron chi connectivity index (χ3n) is 4.61. The topological polar surface area (TPSA) is 94.0 Å². The first-order valence-electron chi connectivity index (χ1n) is 9.24. The van der Waals surface area contributed by atoms with Crippen LogP contribution in [0.15, 0.2) is 100 Å². The fourth-order valence-electron chi connectivity index (χ4n) is 3.16. The van der Waals surface area contributed by atoms with Crippen LogP contribution >= 0.6 is 0 Å². The number of nitrogens with zero attached hydrogens (tertiary/aromatic N) is 2. The number of nitrogens with one attached hydrogen (secondary N) is 1. The van der Waals surface area contributed by atoms with Crippen LogP contribution in [0.3, 0.4) is 0 Å². The molecule has 4 aromatic carbocycles. The van der Waals surface area contributed by atoms with E-state index in [-0.39, 0.29) is 39.8 Å². The molecule has 0 aliphatic rings. The molecular formula is C23H18N3NaO3S. The summed E-state index contributed by atoms with van der Waals surface area (Å²) < 4.78 is 35.8. The first kappa shape index (κ1) is 23.1. The number of anilines is 2. The zero-order chi connectivity index (χ0) is 21.1. The minimum absolute atomic E-state index is 0. The molecule has 0 bridgehead atoms. The Morgan fingerprint density at radius 3 is 2.19 bits per heavy atom. The van der Waals surface area contributed by atoms with E-state index in [1.54, 1.807) is 18.2 Å². The Morgan fingerprint density at radius 1 is 0.806 bits per heavy atom. The van der Waals surface area contributed by atoms with Crippen LogP contribution in [0.4, 0.5) is 22.7 Å². The summed E-state index contributed by atoms with van der Waals surface area (Å²) in [6.07, 6.45) is 0. The van der Waals surface area contributed by atoms with Gasteiger partial charge in [0, 0.05) is 22.1 Å². The maximum absolute atomic E-state index is 11.9. The first-order valence-corrected chi connectivity index (χ1v) is 10.6. The molecule has 0 saturated carbocycles. The van der Waals surface area contributed by atoms with Gasteiger partial charge in [-0.05, 0) is 49.4 Å². The molecule has 0 saturated heterocycles. The van der Waals surface area contributed by atoms with Crippen LogP contribution in [0.5, 0.6) is 0 Å². The van der Waals surface area contributed by atoms with E-state index in [1.165, 1.54) is 12.1 Å². The standard InChI is InChI=1S/C23H19N3O3S.Na/c1-16-10-12-18(13-11-16)25-26-20-14-15-21(24-17-6-3-2-4-7-17)23-19(20)8-5-9-22(23)30(27,28)29;/h2-15,24H,1H3,(H,27,28,29);/q;+1/p-1. The van der Waals surface area contributed by atoms with Crippen LogP contribution in [0.2, 0.25) is 0 Å². The number of fused-ring (bicyclic) bond motifs is 1. The van der Waals surface area contributed by atoms with Crippen molar-refractivity contribution in [2.45, 2.75) is 11.8 Å². The number of benzene rings is 4. The largest absolute Gasteiger partial charge is 1.00 e. The van der Waals surface area contributed by atoms with Crippen molar-refractivity contribution in [1.82, 2.24) is 0 Å². The Balaban J connectivity index is 0.00000272. The van der Waals surface area contributed by atoms with Crippen molar-refractivity contribution < 1.29 is 42.5 Å². The van der Waals surface area contributed by atoms with E-state index < -0.39 is 10.1 Å². The van der Waals surface area contributed by atoms with Crippen molar-refractivity contribution in [3.05, 3.63) is 90.5 Å². The Bertz CT molecular complexity index is 1340. The summed E-state index contributed by atoms with van der Waals surface area (Å²) in [5.74, 6) is 0. The molecule has 31 heavy (non-hydrogen) atoms. The van der Waals surface area contributed by atoms with E-state index in [2.05, 4.69) is 15.5 Å². The fraction of sp³-hybridized carbons (Fsp3) is 0.0435. The van der Waals surface area contributed by atoms with Gasteiger partial charge in [0.25, 0.3) is 0 Å². The molecule has 150 valence electrons. The molecule has 0 aromatic heterocycles. The number of hydrogen-bond acceptors (Lipinski definition) is 6. The predicted octanol–water partition coefficient (Wildman–Crippen LogP) is 3.22. The van der Waals surface area contributed by atoms with Crippen LogP contribution in [0.1, 0.15) is 5.56 Å². The zero-order valence-corrected chi connectivity index (χ0v) is 19.9. The third-order valence-corrected chi connectivity index (χ3v) is 5.49. The summed E-state index contributed by atoms with van der Waals surface area (Å²) in [5, 5.41) is 12.6. The molecule has 4 rings (SSSR count). The molecule has 4 aromatic rings. The molecule has 0 radical (unpaired) electrons. The summed E-state index contributed by atoms with van der Waals surface area (Å²) >= 11 is 0. The Kier molecular flexibility index (Phi) is 7.25. The Labute approximate surface area is 203 Å². The SMILES string of the molecule is Cc1ccc(N=Nc2ccc(Nc3ccccc3)c3c(S(=O)(=O)[O-])cccc23)cc1.[Na+]. The molecule has 0 unspecified atom stereocenters. The van der Waals surface area contributed by atoms with Crippen LogP contribution in [0.25, 0.3) is 10.8 Å². The zero-order valence-electron chi connectivity index (χ0n) is 17.1. The maximum atomic E-state index is 11.9. The van der Waals surface area contributed by atoms with Crippen molar-refractivity contribution in [1.29, 1.82) is 0 Å². The number of para-hydroxylation sites is 1.